The summed E-state index contributed by atoms with van der Waals surface area (Å²) < 4.78 is 0. The number of rotatable bonds is 5. The minimum Gasteiger partial charge on any atom is -0.396 e. The van der Waals surface area contributed by atoms with Crippen molar-refractivity contribution in [1.82, 2.24) is 0 Å². The summed E-state index contributed by atoms with van der Waals surface area (Å²) >= 11 is 1.83. The van der Waals surface area contributed by atoms with Crippen LogP contribution in [0.15, 0.2) is 30.3 Å². The zero-order chi connectivity index (χ0) is 9.52. The smallest absolute Gasteiger partial charge is 0.0500 e. The molecule has 1 nitrogen and oxygen atoms in total. The molecule has 0 aromatic heterocycles. The molecule has 1 rings (SSSR count). The number of benzene rings is 1. The van der Waals surface area contributed by atoms with Crippen molar-refractivity contribution in [3.63, 3.8) is 0 Å². The predicted octanol–water partition coefficient (Wildman–Crippen LogP) is 2.52. The minimum absolute atomic E-state index is 0.255. The number of thioether (sulfide) groups is 1. The SMILES string of the molecule is CSCCC(CO)c1ccccc1. The first kappa shape index (κ1) is 10.6. The summed E-state index contributed by atoms with van der Waals surface area (Å²) in [6, 6.07) is 10.2. The summed E-state index contributed by atoms with van der Waals surface area (Å²) in [5.74, 6) is 1.42. The molecule has 0 heterocycles. The molecule has 0 saturated carbocycles. The largest absolute Gasteiger partial charge is 0.396 e. The Morgan fingerprint density at radius 1 is 1.31 bits per heavy atom. The molecule has 0 spiro atoms. The van der Waals surface area contributed by atoms with E-state index in [1.54, 1.807) is 0 Å². The summed E-state index contributed by atoms with van der Waals surface area (Å²) in [6.45, 7) is 0.255. The van der Waals surface area contributed by atoms with Crippen molar-refractivity contribution in [2.24, 2.45) is 0 Å². The Labute approximate surface area is 84.2 Å². The van der Waals surface area contributed by atoms with Gasteiger partial charge in [0.25, 0.3) is 0 Å². The average Bonchev–Trinajstić information content (AvgIpc) is 2.21. The number of hydrogen-bond donors (Lipinski definition) is 1. The fourth-order valence-electron chi connectivity index (χ4n) is 1.35. The van der Waals surface area contributed by atoms with Crippen LogP contribution in [0.25, 0.3) is 0 Å². The lowest BCUT2D eigenvalue weighted by Gasteiger charge is -2.13. The molecule has 1 aromatic rings. The number of aliphatic hydroxyl groups excluding tert-OH is 1. The maximum Gasteiger partial charge on any atom is 0.0500 e. The molecule has 1 atom stereocenters. The maximum absolute atomic E-state index is 9.20. The van der Waals surface area contributed by atoms with Crippen LogP contribution in [0.1, 0.15) is 17.9 Å². The van der Waals surface area contributed by atoms with Crippen molar-refractivity contribution in [3.8, 4) is 0 Å². The molecule has 13 heavy (non-hydrogen) atoms. The molecule has 72 valence electrons. The van der Waals surface area contributed by atoms with Gasteiger partial charge in [0.15, 0.2) is 0 Å². The van der Waals surface area contributed by atoms with Crippen molar-refractivity contribution >= 4 is 11.8 Å². The van der Waals surface area contributed by atoms with E-state index in [-0.39, 0.29) is 6.61 Å². The first-order valence-corrected chi connectivity index (χ1v) is 5.92. The van der Waals surface area contributed by atoms with Gasteiger partial charge in [-0.15, -0.1) is 0 Å². The fourth-order valence-corrected chi connectivity index (χ4v) is 1.87. The second-order valence-corrected chi connectivity index (χ2v) is 4.06. The zero-order valence-corrected chi connectivity index (χ0v) is 8.76. The zero-order valence-electron chi connectivity index (χ0n) is 7.94. The summed E-state index contributed by atoms with van der Waals surface area (Å²) in [4.78, 5) is 0. The molecular weight excluding hydrogens is 180 g/mol. The van der Waals surface area contributed by atoms with Crippen LogP contribution in [0.3, 0.4) is 0 Å². The second kappa shape index (κ2) is 6.06. The molecule has 0 aliphatic rings. The molecule has 1 N–H and O–H groups in total. The van der Waals surface area contributed by atoms with Gasteiger partial charge in [-0.3, -0.25) is 0 Å². The lowest BCUT2D eigenvalue weighted by atomic mass is 9.98. The highest BCUT2D eigenvalue weighted by molar-refractivity contribution is 7.98. The van der Waals surface area contributed by atoms with Gasteiger partial charge in [-0.25, -0.2) is 0 Å². The van der Waals surface area contributed by atoms with E-state index in [4.69, 9.17) is 0 Å². The summed E-state index contributed by atoms with van der Waals surface area (Å²) in [7, 11) is 0. The lowest BCUT2D eigenvalue weighted by molar-refractivity contribution is 0.263. The van der Waals surface area contributed by atoms with E-state index in [0.29, 0.717) is 5.92 Å². The van der Waals surface area contributed by atoms with Crippen molar-refractivity contribution in [1.29, 1.82) is 0 Å². The highest BCUT2D eigenvalue weighted by Crippen LogP contribution is 2.20. The predicted molar refractivity (Wildman–Crippen MR) is 59.3 cm³/mol. The first-order chi connectivity index (χ1) is 6.38. The first-order valence-electron chi connectivity index (χ1n) is 4.53. The normalized spacial score (nSPS) is 12.8. The molecule has 0 fully saturated rings. The van der Waals surface area contributed by atoms with E-state index >= 15 is 0 Å². The Morgan fingerprint density at radius 3 is 2.54 bits per heavy atom. The van der Waals surface area contributed by atoms with Gasteiger partial charge in [0.05, 0.1) is 0 Å². The van der Waals surface area contributed by atoms with Crippen LogP contribution in [-0.4, -0.2) is 23.7 Å². The van der Waals surface area contributed by atoms with Gasteiger partial charge in [0.1, 0.15) is 0 Å². The van der Waals surface area contributed by atoms with Gasteiger partial charge in [-0.2, -0.15) is 11.8 Å². The van der Waals surface area contributed by atoms with Crippen LogP contribution in [0.4, 0.5) is 0 Å². The van der Waals surface area contributed by atoms with E-state index in [0.717, 1.165) is 12.2 Å². The number of hydrogen-bond acceptors (Lipinski definition) is 2. The summed E-state index contributed by atoms with van der Waals surface area (Å²) in [5.41, 5.74) is 1.25. The molecular formula is C11H16OS. The molecule has 0 amide bonds. The summed E-state index contributed by atoms with van der Waals surface area (Å²) in [5, 5.41) is 9.20. The van der Waals surface area contributed by atoms with Crippen LogP contribution in [-0.2, 0) is 0 Å². The minimum atomic E-state index is 0.255. The topological polar surface area (TPSA) is 20.2 Å². The third kappa shape index (κ3) is 3.41. The van der Waals surface area contributed by atoms with E-state index in [9.17, 15) is 5.11 Å². The van der Waals surface area contributed by atoms with E-state index in [1.165, 1.54) is 5.56 Å². The molecule has 0 aliphatic heterocycles. The van der Waals surface area contributed by atoms with Crippen molar-refractivity contribution in [2.45, 2.75) is 12.3 Å². The monoisotopic (exact) mass is 196 g/mol. The Hall–Kier alpha value is -0.470. The van der Waals surface area contributed by atoms with Gasteiger partial charge >= 0.3 is 0 Å². The van der Waals surface area contributed by atoms with Gasteiger partial charge in [0, 0.05) is 12.5 Å². The third-order valence-electron chi connectivity index (χ3n) is 2.16. The van der Waals surface area contributed by atoms with Gasteiger partial charge in [-0.1, -0.05) is 30.3 Å². The fraction of sp³-hybridized carbons (Fsp3) is 0.455. The highest BCUT2D eigenvalue weighted by atomic mass is 32.2. The van der Waals surface area contributed by atoms with Crippen molar-refractivity contribution in [2.75, 3.05) is 18.6 Å². The van der Waals surface area contributed by atoms with Crippen LogP contribution < -0.4 is 0 Å². The molecule has 2 heteroatoms. The average molecular weight is 196 g/mol. The molecule has 0 radical (unpaired) electrons. The van der Waals surface area contributed by atoms with Crippen LogP contribution in [0.2, 0.25) is 0 Å². The van der Waals surface area contributed by atoms with Crippen LogP contribution in [0.5, 0.6) is 0 Å². The third-order valence-corrected chi connectivity index (χ3v) is 2.81. The Bertz CT molecular complexity index is 223. The van der Waals surface area contributed by atoms with E-state index in [2.05, 4.69) is 18.4 Å². The Kier molecular flexibility index (Phi) is 4.94. The Morgan fingerprint density at radius 2 is 2.00 bits per heavy atom. The maximum atomic E-state index is 9.20. The molecule has 1 unspecified atom stereocenters. The number of aliphatic hydroxyl groups is 1. The lowest BCUT2D eigenvalue weighted by Crippen LogP contribution is -2.04. The van der Waals surface area contributed by atoms with Gasteiger partial charge in [-0.05, 0) is 24.0 Å². The highest BCUT2D eigenvalue weighted by Gasteiger charge is 2.08. The van der Waals surface area contributed by atoms with Gasteiger partial charge in [0.2, 0.25) is 0 Å². The van der Waals surface area contributed by atoms with E-state index in [1.807, 2.05) is 30.0 Å². The van der Waals surface area contributed by atoms with Crippen molar-refractivity contribution in [3.05, 3.63) is 35.9 Å². The molecule has 0 aliphatic carbocycles. The molecule has 0 saturated heterocycles. The van der Waals surface area contributed by atoms with E-state index < -0.39 is 0 Å². The summed E-state index contributed by atoms with van der Waals surface area (Å²) in [6.07, 6.45) is 3.15. The van der Waals surface area contributed by atoms with Crippen LogP contribution in [0, 0.1) is 0 Å². The van der Waals surface area contributed by atoms with Crippen molar-refractivity contribution < 1.29 is 5.11 Å². The second-order valence-electron chi connectivity index (χ2n) is 3.07. The molecule has 1 aromatic carbocycles. The standard InChI is InChI=1S/C11H16OS/c1-13-8-7-11(9-12)10-5-3-2-4-6-10/h2-6,11-12H,7-9H2,1H3. The van der Waals surface area contributed by atoms with Gasteiger partial charge < -0.3 is 5.11 Å². The van der Waals surface area contributed by atoms with Crippen LogP contribution >= 0.6 is 11.8 Å². The quantitative estimate of drug-likeness (QED) is 0.781. The Balaban J connectivity index is 2.56. The molecule has 0 bridgehead atoms.